The molecule has 0 saturated heterocycles. The van der Waals surface area contributed by atoms with E-state index in [1.165, 1.54) is 11.1 Å². The predicted octanol–water partition coefficient (Wildman–Crippen LogP) is 3.52. The van der Waals surface area contributed by atoms with Gasteiger partial charge in [0.2, 0.25) is 0 Å². The maximum Gasteiger partial charge on any atom is 0.161 e. The Hall–Kier alpha value is -1.94. The Bertz CT molecular complexity index is 633. The number of fused-ring (bicyclic) bond motifs is 1. The van der Waals surface area contributed by atoms with Crippen LogP contribution >= 0.6 is 0 Å². The molecule has 1 aromatic carbocycles. The molecule has 0 fully saturated rings. The average Bonchev–Trinajstić information content (AvgIpc) is 2.83. The monoisotopic (exact) mass is 287 g/mol. The van der Waals surface area contributed by atoms with Crippen LogP contribution < -0.4 is 14.8 Å². The summed E-state index contributed by atoms with van der Waals surface area (Å²) in [5.74, 6) is 3.60. The molecule has 0 aliphatic carbocycles. The Morgan fingerprint density at radius 1 is 1.10 bits per heavy atom. The second-order valence-corrected chi connectivity index (χ2v) is 5.45. The number of hydrogen-bond acceptors (Lipinski definition) is 4. The van der Waals surface area contributed by atoms with Crippen LogP contribution in [0, 0.1) is 13.8 Å². The smallest absolute Gasteiger partial charge is 0.161 e. The van der Waals surface area contributed by atoms with Crippen LogP contribution in [0.5, 0.6) is 11.5 Å². The van der Waals surface area contributed by atoms with Crippen molar-refractivity contribution >= 4 is 0 Å². The van der Waals surface area contributed by atoms with Crippen molar-refractivity contribution in [2.24, 2.45) is 0 Å². The van der Waals surface area contributed by atoms with Gasteiger partial charge in [0.15, 0.2) is 11.5 Å². The number of furan rings is 1. The molecule has 1 N–H and O–H groups in total. The highest BCUT2D eigenvalue weighted by Crippen LogP contribution is 2.31. The summed E-state index contributed by atoms with van der Waals surface area (Å²) in [6, 6.07) is 8.43. The zero-order valence-electron chi connectivity index (χ0n) is 12.7. The van der Waals surface area contributed by atoms with E-state index in [1.807, 2.05) is 26.0 Å². The first-order valence-electron chi connectivity index (χ1n) is 7.32. The Morgan fingerprint density at radius 2 is 1.86 bits per heavy atom. The van der Waals surface area contributed by atoms with Gasteiger partial charge in [0.05, 0.1) is 0 Å². The average molecular weight is 287 g/mol. The largest absolute Gasteiger partial charge is 0.486 e. The van der Waals surface area contributed by atoms with Crippen molar-refractivity contribution in [2.45, 2.75) is 33.4 Å². The lowest BCUT2D eigenvalue weighted by molar-refractivity contribution is 0.171. The third-order valence-electron chi connectivity index (χ3n) is 3.76. The minimum Gasteiger partial charge on any atom is -0.486 e. The molecule has 0 amide bonds. The van der Waals surface area contributed by atoms with E-state index in [0.717, 1.165) is 29.6 Å². The topological polar surface area (TPSA) is 43.6 Å². The van der Waals surface area contributed by atoms with Crippen LogP contribution in [0.2, 0.25) is 0 Å². The molecule has 21 heavy (non-hydrogen) atoms. The maximum atomic E-state index is 5.61. The highest BCUT2D eigenvalue weighted by molar-refractivity contribution is 5.43. The van der Waals surface area contributed by atoms with E-state index in [9.17, 15) is 0 Å². The van der Waals surface area contributed by atoms with Crippen molar-refractivity contribution in [3.63, 3.8) is 0 Å². The number of rotatable bonds is 4. The number of hydrogen-bond donors (Lipinski definition) is 1. The van der Waals surface area contributed by atoms with Crippen molar-refractivity contribution in [1.82, 2.24) is 5.32 Å². The van der Waals surface area contributed by atoms with Gasteiger partial charge >= 0.3 is 0 Å². The normalized spacial score (nSPS) is 15.0. The van der Waals surface area contributed by atoms with Crippen molar-refractivity contribution in [1.29, 1.82) is 0 Å². The first-order chi connectivity index (χ1) is 10.1. The standard InChI is InChI=1S/C17H21NO3/c1-11-8-15(13(3)21-11)12(2)18-10-14-4-5-16-17(9-14)20-7-6-19-16/h4-5,8-9,12,18H,6-7,10H2,1-3H3. The Kier molecular flexibility index (Phi) is 3.88. The summed E-state index contributed by atoms with van der Waals surface area (Å²) in [6.07, 6.45) is 0. The Labute approximate surface area is 125 Å². The molecule has 112 valence electrons. The zero-order valence-corrected chi connectivity index (χ0v) is 12.7. The van der Waals surface area contributed by atoms with Gasteiger partial charge in [-0.15, -0.1) is 0 Å². The third kappa shape index (κ3) is 3.05. The van der Waals surface area contributed by atoms with Gasteiger partial charge in [0.25, 0.3) is 0 Å². The van der Waals surface area contributed by atoms with Crippen molar-refractivity contribution < 1.29 is 13.9 Å². The molecule has 2 aromatic rings. The second kappa shape index (κ2) is 5.82. The molecular formula is C17H21NO3. The lowest BCUT2D eigenvalue weighted by atomic mass is 10.1. The van der Waals surface area contributed by atoms with Gasteiger partial charge < -0.3 is 19.2 Å². The summed E-state index contributed by atoms with van der Waals surface area (Å²) in [6.45, 7) is 8.15. The molecule has 4 nitrogen and oxygen atoms in total. The quantitative estimate of drug-likeness (QED) is 0.934. The van der Waals surface area contributed by atoms with Crippen LogP contribution in [0.1, 0.15) is 35.6 Å². The minimum absolute atomic E-state index is 0.246. The fraction of sp³-hybridized carbons (Fsp3) is 0.412. The molecule has 1 aliphatic heterocycles. The summed E-state index contributed by atoms with van der Waals surface area (Å²) in [7, 11) is 0. The first-order valence-corrected chi connectivity index (χ1v) is 7.32. The van der Waals surface area contributed by atoms with Crippen LogP contribution in [-0.2, 0) is 6.54 Å². The molecule has 1 aromatic heterocycles. The molecule has 0 bridgehead atoms. The van der Waals surface area contributed by atoms with Crippen LogP contribution in [0.3, 0.4) is 0 Å². The molecule has 0 saturated carbocycles. The summed E-state index contributed by atoms with van der Waals surface area (Å²) >= 11 is 0. The lowest BCUT2D eigenvalue weighted by Crippen LogP contribution is -2.19. The summed E-state index contributed by atoms with van der Waals surface area (Å²) < 4.78 is 16.7. The van der Waals surface area contributed by atoms with E-state index in [0.29, 0.717) is 13.2 Å². The molecule has 0 radical (unpaired) electrons. The fourth-order valence-corrected chi connectivity index (χ4v) is 2.66. The molecule has 1 aliphatic rings. The minimum atomic E-state index is 0.246. The second-order valence-electron chi connectivity index (χ2n) is 5.45. The SMILES string of the molecule is Cc1cc(C(C)NCc2ccc3c(c2)OCCO3)c(C)o1. The number of ether oxygens (including phenoxy) is 2. The van der Waals surface area contributed by atoms with Gasteiger partial charge in [-0.2, -0.15) is 0 Å². The van der Waals surface area contributed by atoms with E-state index in [4.69, 9.17) is 13.9 Å². The van der Waals surface area contributed by atoms with Crippen LogP contribution in [0.25, 0.3) is 0 Å². The molecule has 1 unspecified atom stereocenters. The van der Waals surface area contributed by atoms with Gasteiger partial charge in [0.1, 0.15) is 24.7 Å². The van der Waals surface area contributed by atoms with Crippen molar-refractivity contribution in [2.75, 3.05) is 13.2 Å². The van der Waals surface area contributed by atoms with Gasteiger partial charge in [-0.1, -0.05) is 6.07 Å². The van der Waals surface area contributed by atoms with Crippen LogP contribution in [0.15, 0.2) is 28.7 Å². The van der Waals surface area contributed by atoms with E-state index in [1.54, 1.807) is 0 Å². The summed E-state index contributed by atoms with van der Waals surface area (Å²) in [5.41, 5.74) is 2.40. The van der Waals surface area contributed by atoms with Gasteiger partial charge in [-0.05, 0) is 44.5 Å². The van der Waals surface area contributed by atoms with E-state index in [-0.39, 0.29) is 6.04 Å². The highest BCUT2D eigenvalue weighted by atomic mass is 16.6. The van der Waals surface area contributed by atoms with Gasteiger partial charge in [-0.25, -0.2) is 0 Å². The maximum absolute atomic E-state index is 5.61. The fourth-order valence-electron chi connectivity index (χ4n) is 2.66. The molecule has 0 spiro atoms. The zero-order chi connectivity index (χ0) is 14.8. The third-order valence-corrected chi connectivity index (χ3v) is 3.76. The highest BCUT2D eigenvalue weighted by Gasteiger charge is 2.14. The van der Waals surface area contributed by atoms with Crippen molar-refractivity contribution in [3.8, 4) is 11.5 Å². The van der Waals surface area contributed by atoms with Gasteiger partial charge in [0, 0.05) is 18.2 Å². The van der Waals surface area contributed by atoms with E-state index >= 15 is 0 Å². The van der Waals surface area contributed by atoms with Crippen LogP contribution in [-0.4, -0.2) is 13.2 Å². The van der Waals surface area contributed by atoms with Gasteiger partial charge in [-0.3, -0.25) is 0 Å². The molecule has 2 heterocycles. The van der Waals surface area contributed by atoms with E-state index < -0.39 is 0 Å². The van der Waals surface area contributed by atoms with Crippen molar-refractivity contribution in [3.05, 3.63) is 46.9 Å². The van der Waals surface area contributed by atoms with E-state index in [2.05, 4.69) is 24.4 Å². The number of aryl methyl sites for hydroxylation is 2. The summed E-state index contributed by atoms with van der Waals surface area (Å²) in [5, 5.41) is 3.52. The summed E-state index contributed by atoms with van der Waals surface area (Å²) in [4.78, 5) is 0. The lowest BCUT2D eigenvalue weighted by Gasteiger charge is -2.19. The molecular weight excluding hydrogens is 266 g/mol. The van der Waals surface area contributed by atoms with Crippen LogP contribution in [0.4, 0.5) is 0 Å². The Balaban J connectivity index is 1.66. The number of nitrogens with one attached hydrogen (secondary N) is 1. The molecule has 1 atom stereocenters. The number of benzene rings is 1. The first kappa shape index (κ1) is 14.0. The molecule has 3 rings (SSSR count). The predicted molar refractivity (Wildman–Crippen MR) is 80.9 cm³/mol. The Morgan fingerprint density at radius 3 is 2.57 bits per heavy atom. The molecule has 4 heteroatoms.